The second kappa shape index (κ2) is 14.3. The number of rotatable bonds is 9. The third-order valence-corrected chi connectivity index (χ3v) is 12.8. The van der Waals surface area contributed by atoms with Gasteiger partial charge in [-0.15, -0.1) is 10.2 Å². The number of amides is 5. The molecule has 58 heavy (non-hydrogen) atoms. The summed E-state index contributed by atoms with van der Waals surface area (Å²) in [6.45, 7) is 12.3. The van der Waals surface area contributed by atoms with Crippen LogP contribution in [0.5, 0.6) is 5.75 Å². The highest BCUT2D eigenvalue weighted by Gasteiger charge is 2.68. The summed E-state index contributed by atoms with van der Waals surface area (Å²) in [4.78, 5) is 75.4. The van der Waals surface area contributed by atoms with Gasteiger partial charge >= 0.3 is 0 Å². The van der Waals surface area contributed by atoms with Crippen molar-refractivity contribution in [1.82, 2.24) is 24.9 Å². The van der Waals surface area contributed by atoms with E-state index < -0.39 is 64.4 Å². The van der Waals surface area contributed by atoms with Crippen LogP contribution in [0.15, 0.2) is 42.5 Å². The van der Waals surface area contributed by atoms with Crippen molar-refractivity contribution in [1.29, 1.82) is 5.26 Å². The van der Waals surface area contributed by atoms with E-state index in [1.54, 1.807) is 30.3 Å². The zero-order valence-electron chi connectivity index (χ0n) is 32.6. The molecule has 5 aliphatic rings. The summed E-state index contributed by atoms with van der Waals surface area (Å²) < 4.78 is 22.1. The number of fused-ring (bicyclic) bond motifs is 1. The van der Waals surface area contributed by atoms with Gasteiger partial charge in [-0.3, -0.25) is 38.7 Å². The maximum absolute atomic E-state index is 15.8. The molecule has 1 aliphatic carbocycles. The lowest BCUT2D eigenvalue weighted by Gasteiger charge is -2.65. The minimum Gasteiger partial charge on any atom is -0.489 e. The van der Waals surface area contributed by atoms with Gasteiger partial charge in [-0.2, -0.15) is 5.26 Å². The fourth-order valence-electron chi connectivity index (χ4n) is 10.00. The number of nitriles is 1. The first-order valence-corrected chi connectivity index (χ1v) is 19.7. The molecule has 17 heteroatoms. The molecule has 0 spiro atoms. The number of nitrogens with two attached hydrogens (primary N) is 1. The summed E-state index contributed by atoms with van der Waals surface area (Å²) in [5, 5.41) is 17.5. The lowest BCUT2D eigenvalue weighted by atomic mass is 9.48. The van der Waals surface area contributed by atoms with Crippen LogP contribution in [0.4, 0.5) is 15.9 Å². The molecular weight excluding hydrogens is 769 g/mol. The lowest BCUT2D eigenvalue weighted by molar-refractivity contribution is -0.216. The molecule has 2 aromatic carbocycles. The highest BCUT2D eigenvalue weighted by Crippen LogP contribution is 2.58. The molecule has 1 atom stereocenters. The van der Waals surface area contributed by atoms with Gasteiger partial charge in [0.2, 0.25) is 5.91 Å². The minimum atomic E-state index is -1.24. The molecule has 1 aromatic heterocycles. The third-order valence-electron chi connectivity index (χ3n) is 12.5. The summed E-state index contributed by atoms with van der Waals surface area (Å²) in [5.41, 5.74) is 4.30. The molecule has 3 saturated heterocycles. The molecule has 8 rings (SSSR count). The average molecular weight is 812 g/mol. The highest BCUT2D eigenvalue weighted by atomic mass is 35.5. The minimum absolute atomic E-state index is 0.0282. The van der Waals surface area contributed by atoms with Crippen molar-refractivity contribution < 1.29 is 33.1 Å². The van der Waals surface area contributed by atoms with Crippen LogP contribution >= 0.6 is 11.6 Å². The summed E-state index contributed by atoms with van der Waals surface area (Å²) >= 11 is 6.25. The largest absolute Gasteiger partial charge is 0.489 e. The quantitative estimate of drug-likeness (QED) is 0.311. The Hall–Kier alpha value is -5.66. The Kier molecular flexibility index (Phi) is 9.67. The zero-order valence-corrected chi connectivity index (χ0v) is 33.3. The molecule has 5 heterocycles. The monoisotopic (exact) mass is 811 g/mol. The summed E-state index contributed by atoms with van der Waals surface area (Å²) in [6.07, 6.45) is -0.580. The van der Waals surface area contributed by atoms with Gasteiger partial charge in [0.25, 0.3) is 23.6 Å². The van der Waals surface area contributed by atoms with Crippen LogP contribution in [0, 0.1) is 33.9 Å². The molecule has 2 N–H and O–H groups in total. The van der Waals surface area contributed by atoms with Gasteiger partial charge in [-0.1, -0.05) is 39.3 Å². The summed E-state index contributed by atoms with van der Waals surface area (Å²) in [7, 11) is 0. The molecule has 15 nitrogen and oxygen atoms in total. The van der Waals surface area contributed by atoms with Crippen LogP contribution in [0.2, 0.25) is 5.02 Å². The van der Waals surface area contributed by atoms with Gasteiger partial charge in [-0.05, 0) is 42.8 Å². The summed E-state index contributed by atoms with van der Waals surface area (Å²) in [5.74, 6) is -2.26. The lowest BCUT2D eigenvalue weighted by Crippen LogP contribution is -2.77. The van der Waals surface area contributed by atoms with Crippen LogP contribution in [0.25, 0.3) is 0 Å². The van der Waals surface area contributed by atoms with E-state index in [0.29, 0.717) is 49.2 Å². The number of carbonyl (C=O) groups is 5. The van der Waals surface area contributed by atoms with E-state index in [2.05, 4.69) is 20.0 Å². The Morgan fingerprint density at radius 3 is 2.21 bits per heavy atom. The standard InChI is InChI=1S/C41H43ClFN9O6/c1-40(2)38(41(3,4)39(40)58-24-6-5-23(18-44)27(42)15-24)52-33(53)10-8-30(37(52)57)51-35(55)25-16-28(43)31(17-26(25)36(51)56)49-13-11-48(12-14-49)19-22-20-50(21-22)32-9-7-29(34(45)54)46-47-32/h5-7,9,15-17,22,30,38-39H,8,10-14,19-21H2,1-4H3,(H2,45,54). The van der Waals surface area contributed by atoms with Crippen molar-refractivity contribution in [2.24, 2.45) is 22.5 Å². The predicted octanol–water partition coefficient (Wildman–Crippen LogP) is 3.49. The van der Waals surface area contributed by atoms with Crippen molar-refractivity contribution in [2.75, 3.05) is 55.6 Å². The first kappa shape index (κ1) is 39.2. The predicted molar refractivity (Wildman–Crippen MR) is 209 cm³/mol. The molecule has 0 bridgehead atoms. The molecule has 4 aliphatic heterocycles. The van der Waals surface area contributed by atoms with Crippen molar-refractivity contribution in [2.45, 2.75) is 58.7 Å². The van der Waals surface area contributed by atoms with Gasteiger partial charge in [0.15, 0.2) is 11.5 Å². The Balaban J connectivity index is 0.915. The maximum atomic E-state index is 15.8. The number of primary amides is 1. The Morgan fingerprint density at radius 1 is 0.931 bits per heavy atom. The number of hydrogen-bond donors (Lipinski definition) is 1. The molecule has 3 aromatic rings. The number of benzene rings is 2. The van der Waals surface area contributed by atoms with Crippen LogP contribution in [-0.2, 0) is 9.59 Å². The number of aromatic nitrogens is 2. The Morgan fingerprint density at radius 2 is 1.60 bits per heavy atom. The average Bonchev–Trinajstić information content (AvgIpc) is 3.40. The number of anilines is 2. The molecule has 5 amide bonds. The number of ether oxygens (including phenoxy) is 1. The second-order valence-electron chi connectivity index (χ2n) is 17.0. The van der Waals surface area contributed by atoms with Crippen molar-refractivity contribution >= 4 is 52.6 Å². The molecule has 4 fully saturated rings. The van der Waals surface area contributed by atoms with E-state index in [4.69, 9.17) is 22.1 Å². The SMILES string of the molecule is CC1(C)C(Oc2ccc(C#N)c(Cl)c2)C(C)(C)C1N1C(=O)CCC(N2C(=O)c3cc(F)c(N4CCN(CC5CN(c6ccc(C(N)=O)nn6)C5)CC4)cc3C2=O)C1=O. The summed E-state index contributed by atoms with van der Waals surface area (Å²) in [6, 6.07) is 10.7. The second-order valence-corrected chi connectivity index (χ2v) is 17.4. The third kappa shape index (κ3) is 6.40. The van der Waals surface area contributed by atoms with E-state index in [9.17, 15) is 29.2 Å². The van der Waals surface area contributed by atoms with Crippen LogP contribution < -0.4 is 20.3 Å². The van der Waals surface area contributed by atoms with Gasteiger partial charge in [0.05, 0.1) is 33.4 Å². The number of imide groups is 2. The van der Waals surface area contributed by atoms with E-state index in [1.807, 2.05) is 38.7 Å². The number of piperidine rings is 1. The molecule has 302 valence electrons. The number of nitrogens with zero attached hydrogens (tertiary/aromatic N) is 8. The molecular formula is C41H43ClFN9O6. The first-order chi connectivity index (χ1) is 27.5. The van der Waals surface area contributed by atoms with E-state index in [0.717, 1.165) is 30.6 Å². The smallest absolute Gasteiger partial charge is 0.269 e. The van der Waals surface area contributed by atoms with E-state index in [-0.39, 0.29) is 40.4 Å². The zero-order chi connectivity index (χ0) is 41.4. The van der Waals surface area contributed by atoms with Gasteiger partial charge < -0.3 is 20.3 Å². The number of likely N-dealkylation sites (tertiary alicyclic amines) is 1. The topological polar surface area (TPSA) is 186 Å². The molecule has 0 radical (unpaired) electrons. The first-order valence-electron chi connectivity index (χ1n) is 19.3. The normalized spacial score (nSPS) is 24.3. The van der Waals surface area contributed by atoms with E-state index in [1.165, 1.54) is 11.0 Å². The van der Waals surface area contributed by atoms with Crippen LogP contribution in [-0.4, -0.2) is 118 Å². The number of halogens is 2. The Labute approximate surface area is 339 Å². The van der Waals surface area contributed by atoms with Crippen molar-refractivity contribution in [3.05, 3.63) is 75.7 Å². The van der Waals surface area contributed by atoms with Crippen LogP contribution in [0.1, 0.15) is 77.3 Å². The highest BCUT2D eigenvalue weighted by molar-refractivity contribution is 6.31. The van der Waals surface area contributed by atoms with E-state index >= 15 is 4.39 Å². The van der Waals surface area contributed by atoms with Gasteiger partial charge in [0, 0.05) is 75.0 Å². The number of carbonyl (C=O) groups excluding carboxylic acids is 5. The number of piperazine rings is 1. The number of hydrogen-bond acceptors (Lipinski definition) is 12. The van der Waals surface area contributed by atoms with Crippen molar-refractivity contribution in [3.63, 3.8) is 0 Å². The molecule has 1 unspecified atom stereocenters. The van der Waals surface area contributed by atoms with Gasteiger partial charge in [0.1, 0.15) is 29.8 Å². The molecule has 1 saturated carbocycles. The van der Waals surface area contributed by atoms with Crippen LogP contribution in [0.3, 0.4) is 0 Å². The maximum Gasteiger partial charge on any atom is 0.269 e. The Bertz CT molecular complexity index is 2270. The fourth-order valence-corrected chi connectivity index (χ4v) is 10.2. The fraction of sp³-hybridized carbons (Fsp3) is 0.463. The van der Waals surface area contributed by atoms with Crippen molar-refractivity contribution in [3.8, 4) is 11.8 Å². The van der Waals surface area contributed by atoms with Gasteiger partial charge in [-0.25, -0.2) is 4.39 Å².